The smallest absolute Gasteiger partial charge is 0.326 e. The summed E-state index contributed by atoms with van der Waals surface area (Å²) in [5.74, 6) is 0.766. The van der Waals surface area contributed by atoms with Gasteiger partial charge in [0.15, 0.2) is 0 Å². The van der Waals surface area contributed by atoms with Gasteiger partial charge in [-0.3, -0.25) is 0 Å². The fourth-order valence-electron chi connectivity index (χ4n) is 3.16. The van der Waals surface area contributed by atoms with E-state index in [2.05, 4.69) is 17.6 Å². The molecule has 0 saturated carbocycles. The van der Waals surface area contributed by atoms with Gasteiger partial charge < -0.3 is 16.4 Å². The summed E-state index contributed by atoms with van der Waals surface area (Å²) in [5.41, 5.74) is 6.11. The minimum absolute atomic E-state index is 0.0583. The van der Waals surface area contributed by atoms with Gasteiger partial charge in [0.25, 0.3) is 0 Å². The molecule has 0 aromatic rings. The van der Waals surface area contributed by atoms with Crippen molar-refractivity contribution in [2.75, 3.05) is 13.1 Å². The minimum atomic E-state index is -4.12. The Kier molecular flexibility index (Phi) is 4.18. The van der Waals surface area contributed by atoms with E-state index in [-0.39, 0.29) is 24.4 Å². The van der Waals surface area contributed by atoms with Crippen molar-refractivity contribution in [1.82, 2.24) is 10.6 Å². The van der Waals surface area contributed by atoms with Crippen molar-refractivity contribution in [2.45, 2.75) is 50.5 Å². The van der Waals surface area contributed by atoms with E-state index in [9.17, 15) is 13.2 Å². The molecule has 0 aromatic carbocycles. The zero-order valence-corrected chi connectivity index (χ0v) is 10.6. The third-order valence-corrected chi connectivity index (χ3v) is 4.19. The fourth-order valence-corrected chi connectivity index (χ4v) is 3.16. The first-order valence-corrected chi connectivity index (χ1v) is 6.67. The summed E-state index contributed by atoms with van der Waals surface area (Å²) in [7, 11) is 0. The van der Waals surface area contributed by atoms with Gasteiger partial charge in [-0.2, -0.15) is 13.2 Å². The molecule has 5 atom stereocenters. The van der Waals surface area contributed by atoms with Gasteiger partial charge in [0, 0.05) is 18.6 Å². The van der Waals surface area contributed by atoms with Gasteiger partial charge in [-0.1, -0.05) is 6.92 Å². The van der Waals surface area contributed by atoms with Gasteiger partial charge in [-0.25, -0.2) is 0 Å². The highest BCUT2D eigenvalue weighted by molar-refractivity contribution is 4.95. The average Bonchev–Trinajstić information content (AvgIpc) is 2.28. The van der Waals surface area contributed by atoms with Crippen molar-refractivity contribution in [3.63, 3.8) is 0 Å². The molecule has 2 rings (SSSR count). The average molecular weight is 265 g/mol. The van der Waals surface area contributed by atoms with Crippen molar-refractivity contribution >= 4 is 0 Å². The normalized spacial score (nSPS) is 42.8. The lowest BCUT2D eigenvalue weighted by molar-refractivity contribution is -0.162. The number of hydrogen-bond acceptors (Lipinski definition) is 3. The predicted molar refractivity (Wildman–Crippen MR) is 64.1 cm³/mol. The Morgan fingerprint density at radius 2 is 1.83 bits per heavy atom. The fraction of sp³-hybridized carbons (Fsp3) is 1.00. The molecular weight excluding hydrogens is 243 g/mol. The Bertz CT molecular complexity index is 274. The molecule has 2 saturated heterocycles. The topological polar surface area (TPSA) is 50.1 Å². The first-order valence-electron chi connectivity index (χ1n) is 6.67. The number of halogens is 3. The molecule has 106 valence electrons. The number of hydrogen-bond donors (Lipinski definition) is 3. The van der Waals surface area contributed by atoms with E-state index in [1.807, 2.05) is 0 Å². The molecular formula is C12H22F3N3. The van der Waals surface area contributed by atoms with Crippen LogP contribution >= 0.6 is 0 Å². The number of rotatable bonds is 1. The molecule has 18 heavy (non-hydrogen) atoms. The molecule has 2 fully saturated rings. The van der Waals surface area contributed by atoms with Crippen LogP contribution in [0.2, 0.25) is 0 Å². The van der Waals surface area contributed by atoms with Crippen molar-refractivity contribution < 1.29 is 13.2 Å². The third-order valence-electron chi connectivity index (χ3n) is 4.19. The van der Waals surface area contributed by atoms with Gasteiger partial charge in [0.2, 0.25) is 0 Å². The summed E-state index contributed by atoms with van der Waals surface area (Å²) in [5, 5.41) is 6.01. The molecule has 0 spiro atoms. The summed E-state index contributed by atoms with van der Waals surface area (Å²) in [6.45, 7) is 3.46. The molecule has 0 aromatic heterocycles. The first-order chi connectivity index (χ1) is 8.38. The number of alkyl halides is 3. The number of nitrogens with one attached hydrogen (secondary N) is 2. The SMILES string of the molecule is CC1CNC(C2CCC(C(F)(F)F)NC2)C(N)C1. The van der Waals surface area contributed by atoms with Crippen LogP contribution in [0.25, 0.3) is 0 Å². The van der Waals surface area contributed by atoms with Gasteiger partial charge in [-0.05, 0) is 37.6 Å². The maximum Gasteiger partial charge on any atom is 0.403 e. The van der Waals surface area contributed by atoms with E-state index < -0.39 is 12.2 Å². The minimum Gasteiger partial charge on any atom is -0.326 e. The quantitative estimate of drug-likeness (QED) is 0.668. The van der Waals surface area contributed by atoms with Crippen LogP contribution in [0.15, 0.2) is 0 Å². The van der Waals surface area contributed by atoms with Crippen LogP contribution in [-0.4, -0.2) is 37.4 Å². The van der Waals surface area contributed by atoms with Crippen molar-refractivity contribution in [1.29, 1.82) is 0 Å². The highest BCUT2D eigenvalue weighted by atomic mass is 19.4. The molecule has 3 nitrogen and oxygen atoms in total. The summed E-state index contributed by atoms with van der Waals surface area (Å²) < 4.78 is 37.6. The van der Waals surface area contributed by atoms with Crippen LogP contribution in [0, 0.1) is 11.8 Å². The molecule has 4 N–H and O–H groups in total. The van der Waals surface area contributed by atoms with Crippen molar-refractivity contribution in [2.24, 2.45) is 17.6 Å². The molecule has 0 radical (unpaired) electrons. The summed E-state index contributed by atoms with van der Waals surface area (Å²) in [6.07, 6.45) is -2.41. The summed E-state index contributed by atoms with van der Waals surface area (Å²) in [4.78, 5) is 0. The van der Waals surface area contributed by atoms with E-state index in [4.69, 9.17) is 5.73 Å². The van der Waals surface area contributed by atoms with Crippen molar-refractivity contribution in [3.8, 4) is 0 Å². The lowest BCUT2D eigenvalue weighted by Crippen LogP contribution is -2.60. The summed E-state index contributed by atoms with van der Waals surface area (Å²) in [6, 6.07) is -1.13. The Morgan fingerprint density at radius 3 is 2.33 bits per heavy atom. The number of nitrogens with two attached hydrogens (primary N) is 1. The maximum atomic E-state index is 12.5. The van der Waals surface area contributed by atoms with E-state index in [0.717, 1.165) is 13.0 Å². The lowest BCUT2D eigenvalue weighted by Gasteiger charge is -2.42. The Balaban J connectivity index is 1.86. The third kappa shape index (κ3) is 3.16. The van der Waals surface area contributed by atoms with E-state index in [0.29, 0.717) is 18.9 Å². The van der Waals surface area contributed by atoms with Gasteiger partial charge >= 0.3 is 6.18 Å². The van der Waals surface area contributed by atoms with Crippen LogP contribution in [0.1, 0.15) is 26.2 Å². The molecule has 0 amide bonds. The Labute approximate surface area is 106 Å². The van der Waals surface area contributed by atoms with Gasteiger partial charge in [-0.15, -0.1) is 0 Å². The van der Waals surface area contributed by atoms with Crippen LogP contribution in [0.4, 0.5) is 13.2 Å². The lowest BCUT2D eigenvalue weighted by atomic mass is 9.80. The Hall–Kier alpha value is -0.330. The summed E-state index contributed by atoms with van der Waals surface area (Å²) >= 11 is 0. The van der Waals surface area contributed by atoms with Crippen LogP contribution in [0.5, 0.6) is 0 Å². The largest absolute Gasteiger partial charge is 0.403 e. The molecule has 2 aliphatic heterocycles. The first kappa shape index (κ1) is 14.1. The molecule has 6 heteroatoms. The number of piperidine rings is 2. The van der Waals surface area contributed by atoms with Crippen LogP contribution in [-0.2, 0) is 0 Å². The molecule has 2 heterocycles. The molecule has 2 aliphatic rings. The standard InChI is InChI=1S/C12H22F3N3/c1-7-4-9(16)11(18-5-7)8-2-3-10(17-6-8)12(13,14)15/h7-11,17-18H,2-6,16H2,1H3. The van der Waals surface area contributed by atoms with Crippen molar-refractivity contribution in [3.05, 3.63) is 0 Å². The highest BCUT2D eigenvalue weighted by Crippen LogP contribution is 2.30. The van der Waals surface area contributed by atoms with E-state index in [1.54, 1.807) is 0 Å². The van der Waals surface area contributed by atoms with Crippen LogP contribution in [0.3, 0.4) is 0 Å². The van der Waals surface area contributed by atoms with E-state index in [1.165, 1.54) is 0 Å². The Morgan fingerprint density at radius 1 is 1.11 bits per heavy atom. The predicted octanol–water partition coefficient (Wildman–Crippen LogP) is 1.24. The second-order valence-corrected chi connectivity index (χ2v) is 5.78. The van der Waals surface area contributed by atoms with Gasteiger partial charge in [0.1, 0.15) is 6.04 Å². The second-order valence-electron chi connectivity index (χ2n) is 5.78. The highest BCUT2D eigenvalue weighted by Gasteiger charge is 2.43. The molecule has 5 unspecified atom stereocenters. The molecule has 0 bridgehead atoms. The second kappa shape index (κ2) is 5.35. The van der Waals surface area contributed by atoms with Crippen LogP contribution < -0.4 is 16.4 Å². The zero-order valence-electron chi connectivity index (χ0n) is 10.6. The monoisotopic (exact) mass is 265 g/mol. The maximum absolute atomic E-state index is 12.5. The van der Waals surface area contributed by atoms with Gasteiger partial charge in [0.05, 0.1) is 0 Å². The zero-order chi connectivity index (χ0) is 13.3. The molecule has 0 aliphatic carbocycles. The van der Waals surface area contributed by atoms with E-state index >= 15 is 0 Å².